The van der Waals surface area contributed by atoms with Crippen LogP contribution in [0.1, 0.15) is 5.56 Å². The van der Waals surface area contributed by atoms with E-state index < -0.39 is 28.3 Å². The Hall–Kier alpha value is -2.65. The Balaban J connectivity index is 2.16. The normalized spacial score (nSPS) is 11.4. The Morgan fingerprint density at radius 3 is 2.56 bits per heavy atom. The zero-order chi connectivity index (χ0) is 20.0. The van der Waals surface area contributed by atoms with Crippen LogP contribution < -0.4 is 14.5 Å². The Kier molecular flexibility index (Phi) is 6.75. The van der Waals surface area contributed by atoms with Gasteiger partial charge >= 0.3 is 0 Å². The predicted octanol–water partition coefficient (Wildman–Crippen LogP) is 2.40. The van der Waals surface area contributed by atoms with Crippen molar-refractivity contribution in [1.82, 2.24) is 5.43 Å². The summed E-state index contributed by atoms with van der Waals surface area (Å²) in [6, 6.07) is 9.88. The third-order valence-electron chi connectivity index (χ3n) is 3.37. The number of carbonyl (C=O) groups excluding carboxylic acids is 1. The maximum absolute atomic E-state index is 12.8. The third-order valence-corrected chi connectivity index (χ3v) is 4.73. The lowest BCUT2D eigenvalue weighted by atomic mass is 10.2. The van der Waals surface area contributed by atoms with Crippen molar-refractivity contribution in [3.63, 3.8) is 0 Å². The number of amides is 1. The number of carbonyl (C=O) groups is 1. The average molecular weight is 414 g/mol. The van der Waals surface area contributed by atoms with Gasteiger partial charge in [0.15, 0.2) is 0 Å². The summed E-state index contributed by atoms with van der Waals surface area (Å²) in [5, 5.41) is 4.02. The average Bonchev–Trinajstić information content (AvgIpc) is 2.60. The number of hydrogen-bond donors (Lipinski definition) is 1. The minimum absolute atomic E-state index is 0.130. The summed E-state index contributed by atoms with van der Waals surface area (Å²) in [4.78, 5) is 12.1. The lowest BCUT2D eigenvalue weighted by molar-refractivity contribution is -0.119. The molecule has 0 fully saturated rings. The molecule has 27 heavy (non-hydrogen) atoms. The van der Waals surface area contributed by atoms with E-state index in [1.807, 2.05) is 0 Å². The van der Waals surface area contributed by atoms with Crippen molar-refractivity contribution in [1.29, 1.82) is 0 Å². The molecule has 2 aromatic rings. The molecule has 144 valence electrons. The zero-order valence-electron chi connectivity index (χ0n) is 14.5. The first-order valence-electron chi connectivity index (χ1n) is 7.59. The van der Waals surface area contributed by atoms with Crippen LogP contribution in [-0.2, 0) is 14.8 Å². The fourth-order valence-electron chi connectivity index (χ4n) is 2.13. The predicted molar refractivity (Wildman–Crippen MR) is 102 cm³/mol. The third kappa shape index (κ3) is 5.93. The highest BCUT2D eigenvalue weighted by Crippen LogP contribution is 2.32. The minimum Gasteiger partial charge on any atom is -0.495 e. The number of benzene rings is 2. The molecule has 0 bridgehead atoms. The lowest BCUT2D eigenvalue weighted by Gasteiger charge is -2.23. The number of sulfonamides is 1. The van der Waals surface area contributed by atoms with Crippen molar-refractivity contribution in [3.8, 4) is 5.75 Å². The van der Waals surface area contributed by atoms with Crippen molar-refractivity contribution >= 4 is 39.4 Å². The molecule has 7 nitrogen and oxygen atoms in total. The van der Waals surface area contributed by atoms with Gasteiger partial charge in [0.05, 0.1) is 25.3 Å². The number of halogens is 2. The van der Waals surface area contributed by atoms with Crippen LogP contribution >= 0.6 is 11.6 Å². The molecular weight excluding hydrogens is 397 g/mol. The Morgan fingerprint density at radius 1 is 1.30 bits per heavy atom. The molecular formula is C17H17ClFN3O4S. The molecule has 0 aromatic heterocycles. The number of rotatable bonds is 7. The zero-order valence-corrected chi connectivity index (χ0v) is 16.1. The van der Waals surface area contributed by atoms with Crippen LogP contribution in [0.4, 0.5) is 10.1 Å². The molecule has 1 N–H and O–H groups in total. The molecule has 0 aliphatic heterocycles. The van der Waals surface area contributed by atoms with Crippen LogP contribution in [0.25, 0.3) is 0 Å². The van der Waals surface area contributed by atoms with E-state index in [-0.39, 0.29) is 16.5 Å². The Morgan fingerprint density at radius 2 is 1.96 bits per heavy atom. The largest absolute Gasteiger partial charge is 0.495 e. The van der Waals surface area contributed by atoms with Gasteiger partial charge in [0.25, 0.3) is 5.91 Å². The van der Waals surface area contributed by atoms with Crippen molar-refractivity contribution in [3.05, 3.63) is 58.9 Å². The highest BCUT2D eigenvalue weighted by molar-refractivity contribution is 7.92. The SMILES string of the molecule is COc1ccc(Cl)cc1N(CC(=O)N/N=C\c1ccc(F)cc1)S(C)(=O)=O. The van der Waals surface area contributed by atoms with Gasteiger partial charge in [0.1, 0.15) is 18.1 Å². The van der Waals surface area contributed by atoms with Gasteiger partial charge in [-0.15, -0.1) is 0 Å². The maximum atomic E-state index is 12.8. The molecule has 0 atom stereocenters. The van der Waals surface area contributed by atoms with Gasteiger partial charge in [-0.2, -0.15) is 5.10 Å². The topological polar surface area (TPSA) is 88.1 Å². The standard InChI is InChI=1S/C17H17ClFN3O4S/c1-26-16-8-5-13(18)9-15(16)22(27(2,24)25)11-17(23)21-20-10-12-3-6-14(19)7-4-12/h3-10H,11H2,1-2H3,(H,21,23)/b20-10-. The van der Waals surface area contributed by atoms with Gasteiger partial charge in [0.2, 0.25) is 10.0 Å². The molecule has 0 radical (unpaired) electrons. The molecule has 0 saturated heterocycles. The first-order chi connectivity index (χ1) is 12.7. The first kappa shape index (κ1) is 20.7. The number of methoxy groups -OCH3 is 1. The highest BCUT2D eigenvalue weighted by Gasteiger charge is 2.24. The number of nitrogens with one attached hydrogen (secondary N) is 1. The van der Waals surface area contributed by atoms with Crippen LogP contribution in [0.3, 0.4) is 0 Å². The van der Waals surface area contributed by atoms with Gasteiger partial charge < -0.3 is 4.74 Å². The molecule has 1 amide bonds. The van der Waals surface area contributed by atoms with Crippen molar-refractivity contribution in [2.45, 2.75) is 0 Å². The number of anilines is 1. The van der Waals surface area contributed by atoms with Crippen LogP contribution in [0, 0.1) is 5.82 Å². The quantitative estimate of drug-likeness (QED) is 0.557. The second-order valence-corrected chi connectivity index (χ2v) is 7.77. The minimum atomic E-state index is -3.80. The Bertz CT molecular complexity index is 949. The molecule has 0 spiro atoms. The maximum Gasteiger partial charge on any atom is 0.260 e. The first-order valence-corrected chi connectivity index (χ1v) is 9.82. The summed E-state index contributed by atoms with van der Waals surface area (Å²) in [6.07, 6.45) is 2.27. The number of nitrogens with zero attached hydrogens (tertiary/aromatic N) is 2. The summed E-state index contributed by atoms with van der Waals surface area (Å²) in [7, 11) is -2.43. The molecule has 0 heterocycles. The summed E-state index contributed by atoms with van der Waals surface area (Å²) in [5.74, 6) is -0.830. The molecule has 0 aliphatic rings. The molecule has 2 aromatic carbocycles. The molecule has 0 unspecified atom stereocenters. The second kappa shape index (κ2) is 8.83. The van der Waals surface area contributed by atoms with Crippen LogP contribution in [0.5, 0.6) is 5.75 Å². The summed E-state index contributed by atoms with van der Waals surface area (Å²) >= 11 is 5.94. The van der Waals surface area contributed by atoms with Gasteiger partial charge in [-0.25, -0.2) is 18.2 Å². The number of ether oxygens (including phenoxy) is 1. The second-order valence-electron chi connectivity index (χ2n) is 5.43. The monoisotopic (exact) mass is 413 g/mol. The molecule has 0 saturated carbocycles. The lowest BCUT2D eigenvalue weighted by Crippen LogP contribution is -2.39. The van der Waals surface area contributed by atoms with E-state index in [9.17, 15) is 17.6 Å². The summed E-state index contributed by atoms with van der Waals surface area (Å²) < 4.78 is 43.2. The molecule has 0 aliphatic carbocycles. The Labute approximate surface area is 161 Å². The van der Waals surface area contributed by atoms with E-state index in [1.54, 1.807) is 0 Å². The number of hydrogen-bond acceptors (Lipinski definition) is 5. The van der Waals surface area contributed by atoms with Gasteiger partial charge in [-0.3, -0.25) is 9.10 Å². The van der Waals surface area contributed by atoms with E-state index in [1.165, 1.54) is 55.8 Å². The van der Waals surface area contributed by atoms with Gasteiger partial charge in [0, 0.05) is 5.02 Å². The van der Waals surface area contributed by atoms with E-state index in [0.717, 1.165) is 10.6 Å². The van der Waals surface area contributed by atoms with E-state index in [4.69, 9.17) is 16.3 Å². The van der Waals surface area contributed by atoms with Crippen LogP contribution in [-0.4, -0.2) is 40.4 Å². The van der Waals surface area contributed by atoms with Crippen molar-refractivity contribution < 1.29 is 22.3 Å². The smallest absolute Gasteiger partial charge is 0.260 e. The van der Waals surface area contributed by atoms with E-state index in [0.29, 0.717) is 5.56 Å². The molecule has 10 heteroatoms. The van der Waals surface area contributed by atoms with E-state index >= 15 is 0 Å². The fourth-order valence-corrected chi connectivity index (χ4v) is 3.15. The number of hydrazone groups is 1. The van der Waals surface area contributed by atoms with E-state index in [2.05, 4.69) is 10.5 Å². The van der Waals surface area contributed by atoms with Crippen LogP contribution in [0.2, 0.25) is 5.02 Å². The van der Waals surface area contributed by atoms with Crippen molar-refractivity contribution in [2.75, 3.05) is 24.2 Å². The summed E-state index contributed by atoms with van der Waals surface area (Å²) in [5.41, 5.74) is 2.92. The van der Waals surface area contributed by atoms with Gasteiger partial charge in [-0.05, 0) is 35.9 Å². The fraction of sp³-hybridized carbons (Fsp3) is 0.176. The highest BCUT2D eigenvalue weighted by atomic mass is 35.5. The van der Waals surface area contributed by atoms with Gasteiger partial charge in [-0.1, -0.05) is 23.7 Å². The molecule has 2 rings (SSSR count). The van der Waals surface area contributed by atoms with Crippen molar-refractivity contribution in [2.24, 2.45) is 5.10 Å². The van der Waals surface area contributed by atoms with Crippen LogP contribution in [0.15, 0.2) is 47.6 Å². The summed E-state index contributed by atoms with van der Waals surface area (Å²) in [6.45, 7) is -0.531.